The molecule has 0 saturated heterocycles. The van der Waals surface area contributed by atoms with Crippen LogP contribution in [0.3, 0.4) is 0 Å². The van der Waals surface area contributed by atoms with Gasteiger partial charge in [0.15, 0.2) is 11.5 Å². The number of hydrogen-bond acceptors (Lipinski definition) is 4. The lowest BCUT2D eigenvalue weighted by atomic mass is 10.1. The van der Waals surface area contributed by atoms with Gasteiger partial charge >= 0.3 is 0 Å². The van der Waals surface area contributed by atoms with Crippen molar-refractivity contribution >= 4 is 23.4 Å². The van der Waals surface area contributed by atoms with Crippen LogP contribution in [-0.2, 0) is 22.6 Å². The molecular formula is C25H33ClN2O4. The number of ether oxygens (including phenoxy) is 2. The molecule has 32 heavy (non-hydrogen) atoms. The lowest BCUT2D eigenvalue weighted by Gasteiger charge is -2.29. The third kappa shape index (κ3) is 7.45. The van der Waals surface area contributed by atoms with Crippen molar-refractivity contribution in [1.82, 2.24) is 10.2 Å². The van der Waals surface area contributed by atoms with Crippen LogP contribution in [0.25, 0.3) is 0 Å². The van der Waals surface area contributed by atoms with Crippen molar-refractivity contribution in [3.63, 3.8) is 0 Å². The smallest absolute Gasteiger partial charge is 0.242 e. The van der Waals surface area contributed by atoms with Crippen LogP contribution in [0.15, 0.2) is 42.5 Å². The van der Waals surface area contributed by atoms with Gasteiger partial charge in [0.2, 0.25) is 11.8 Å². The van der Waals surface area contributed by atoms with Gasteiger partial charge < -0.3 is 19.7 Å². The van der Waals surface area contributed by atoms with E-state index in [9.17, 15) is 9.59 Å². The van der Waals surface area contributed by atoms with E-state index in [1.54, 1.807) is 24.0 Å². The van der Waals surface area contributed by atoms with E-state index < -0.39 is 6.04 Å². The lowest BCUT2D eigenvalue weighted by Crippen LogP contribution is -2.47. The Morgan fingerprint density at radius 3 is 2.22 bits per heavy atom. The van der Waals surface area contributed by atoms with Gasteiger partial charge in [-0.1, -0.05) is 29.8 Å². The summed E-state index contributed by atoms with van der Waals surface area (Å²) in [6, 6.07) is 12.4. The normalized spacial score (nSPS) is 11.5. The molecule has 0 aromatic heterocycles. The highest BCUT2D eigenvalue weighted by Crippen LogP contribution is 2.29. The van der Waals surface area contributed by atoms with E-state index in [0.717, 1.165) is 11.1 Å². The average Bonchev–Trinajstić information content (AvgIpc) is 2.78. The minimum atomic E-state index is -0.586. The topological polar surface area (TPSA) is 67.9 Å². The van der Waals surface area contributed by atoms with E-state index in [2.05, 4.69) is 5.32 Å². The summed E-state index contributed by atoms with van der Waals surface area (Å²) >= 11 is 5.98. The first-order valence-corrected chi connectivity index (χ1v) is 11.5. The molecule has 0 unspecified atom stereocenters. The SMILES string of the molecule is CCNC(=O)[C@H](C)N(Cc1ccc(Cl)cc1)C(=O)CCc1ccc(OCC)c(OCC)c1. The van der Waals surface area contributed by atoms with Gasteiger partial charge in [-0.15, -0.1) is 0 Å². The van der Waals surface area contributed by atoms with Crippen LogP contribution < -0.4 is 14.8 Å². The molecule has 0 radical (unpaired) electrons. The highest BCUT2D eigenvalue weighted by molar-refractivity contribution is 6.30. The van der Waals surface area contributed by atoms with E-state index in [-0.39, 0.29) is 18.2 Å². The van der Waals surface area contributed by atoms with Gasteiger partial charge in [0, 0.05) is 24.5 Å². The Bertz CT molecular complexity index is 886. The largest absolute Gasteiger partial charge is 0.490 e. The molecule has 0 saturated carbocycles. The third-order valence-electron chi connectivity index (χ3n) is 5.02. The molecule has 0 spiro atoms. The summed E-state index contributed by atoms with van der Waals surface area (Å²) in [5.74, 6) is 1.10. The van der Waals surface area contributed by atoms with E-state index in [0.29, 0.717) is 49.2 Å². The minimum Gasteiger partial charge on any atom is -0.490 e. The number of benzene rings is 2. The number of halogens is 1. The van der Waals surface area contributed by atoms with E-state index >= 15 is 0 Å². The van der Waals surface area contributed by atoms with Gasteiger partial charge in [-0.3, -0.25) is 9.59 Å². The molecule has 1 N–H and O–H groups in total. The zero-order valence-electron chi connectivity index (χ0n) is 19.3. The number of rotatable bonds is 12. The predicted octanol–water partition coefficient (Wildman–Crippen LogP) is 4.62. The van der Waals surface area contributed by atoms with Crippen molar-refractivity contribution < 1.29 is 19.1 Å². The van der Waals surface area contributed by atoms with Crippen molar-refractivity contribution in [1.29, 1.82) is 0 Å². The summed E-state index contributed by atoms with van der Waals surface area (Å²) < 4.78 is 11.3. The Balaban J connectivity index is 2.15. The van der Waals surface area contributed by atoms with Crippen LogP contribution in [0.4, 0.5) is 0 Å². The zero-order valence-corrected chi connectivity index (χ0v) is 20.1. The van der Waals surface area contributed by atoms with Crippen LogP contribution in [0.5, 0.6) is 11.5 Å². The molecule has 0 bridgehead atoms. The number of amides is 2. The Hall–Kier alpha value is -2.73. The zero-order chi connectivity index (χ0) is 23.5. The van der Waals surface area contributed by atoms with Crippen molar-refractivity contribution in [2.45, 2.75) is 53.1 Å². The highest BCUT2D eigenvalue weighted by atomic mass is 35.5. The van der Waals surface area contributed by atoms with Gasteiger partial charge in [0.1, 0.15) is 6.04 Å². The van der Waals surface area contributed by atoms with Gasteiger partial charge in [0.05, 0.1) is 13.2 Å². The first-order chi connectivity index (χ1) is 15.4. The summed E-state index contributed by atoms with van der Waals surface area (Å²) in [7, 11) is 0. The molecule has 174 valence electrons. The Kier molecular flexibility index (Phi) is 10.3. The van der Waals surface area contributed by atoms with Gasteiger partial charge in [-0.2, -0.15) is 0 Å². The van der Waals surface area contributed by atoms with E-state index in [4.69, 9.17) is 21.1 Å². The fourth-order valence-corrected chi connectivity index (χ4v) is 3.46. The monoisotopic (exact) mass is 460 g/mol. The first kappa shape index (κ1) is 25.5. The Morgan fingerprint density at radius 1 is 0.969 bits per heavy atom. The number of likely N-dealkylation sites (N-methyl/N-ethyl adjacent to an activating group) is 1. The van der Waals surface area contributed by atoms with Crippen LogP contribution >= 0.6 is 11.6 Å². The van der Waals surface area contributed by atoms with Gasteiger partial charge in [-0.25, -0.2) is 0 Å². The number of carbonyl (C=O) groups excluding carboxylic acids is 2. The minimum absolute atomic E-state index is 0.0921. The molecular weight excluding hydrogens is 428 g/mol. The molecule has 2 amide bonds. The summed E-state index contributed by atoms with van der Waals surface area (Å²) in [6.07, 6.45) is 0.807. The molecule has 0 aliphatic carbocycles. The second kappa shape index (κ2) is 13.0. The molecule has 0 fully saturated rings. The molecule has 0 heterocycles. The summed E-state index contributed by atoms with van der Waals surface area (Å²) in [5.41, 5.74) is 1.89. The van der Waals surface area contributed by atoms with Crippen molar-refractivity contribution in [2.24, 2.45) is 0 Å². The molecule has 2 rings (SSSR count). The molecule has 0 aliphatic rings. The Labute approximate surface area is 195 Å². The van der Waals surface area contributed by atoms with E-state index in [1.165, 1.54) is 0 Å². The molecule has 2 aromatic carbocycles. The third-order valence-corrected chi connectivity index (χ3v) is 5.27. The molecule has 6 nitrogen and oxygen atoms in total. The summed E-state index contributed by atoms with van der Waals surface area (Å²) in [5, 5.41) is 3.43. The standard InChI is InChI=1S/C25H33ClN2O4/c1-5-27-25(30)18(4)28(17-20-8-12-21(26)13-9-20)24(29)15-11-19-10-14-22(31-6-2)23(16-19)32-7-3/h8-10,12-14,16,18H,5-7,11,15,17H2,1-4H3,(H,27,30)/t18-/m0/s1. The van der Waals surface area contributed by atoms with Crippen LogP contribution in [-0.4, -0.2) is 42.5 Å². The predicted molar refractivity (Wildman–Crippen MR) is 127 cm³/mol. The first-order valence-electron chi connectivity index (χ1n) is 11.1. The maximum Gasteiger partial charge on any atom is 0.242 e. The maximum absolute atomic E-state index is 13.2. The van der Waals surface area contributed by atoms with Crippen molar-refractivity contribution in [3.8, 4) is 11.5 Å². The van der Waals surface area contributed by atoms with Gasteiger partial charge in [-0.05, 0) is 69.5 Å². The van der Waals surface area contributed by atoms with Crippen molar-refractivity contribution in [3.05, 3.63) is 58.6 Å². The molecule has 1 atom stereocenters. The second-order valence-electron chi connectivity index (χ2n) is 7.37. The maximum atomic E-state index is 13.2. The molecule has 7 heteroatoms. The van der Waals surface area contributed by atoms with Crippen LogP contribution in [0.1, 0.15) is 45.2 Å². The fraction of sp³-hybridized carbons (Fsp3) is 0.440. The van der Waals surface area contributed by atoms with Crippen molar-refractivity contribution in [2.75, 3.05) is 19.8 Å². The molecule has 2 aromatic rings. The number of nitrogens with zero attached hydrogens (tertiary/aromatic N) is 1. The quantitative estimate of drug-likeness (QED) is 0.501. The van der Waals surface area contributed by atoms with Gasteiger partial charge in [0.25, 0.3) is 0 Å². The van der Waals surface area contributed by atoms with E-state index in [1.807, 2.05) is 51.1 Å². The molecule has 0 aliphatic heterocycles. The number of carbonyl (C=O) groups is 2. The van der Waals surface area contributed by atoms with Crippen LogP contribution in [0.2, 0.25) is 5.02 Å². The number of nitrogens with one attached hydrogen (secondary N) is 1. The summed E-state index contributed by atoms with van der Waals surface area (Å²) in [4.78, 5) is 27.3. The second-order valence-corrected chi connectivity index (χ2v) is 7.80. The fourth-order valence-electron chi connectivity index (χ4n) is 3.34. The Morgan fingerprint density at radius 2 is 1.59 bits per heavy atom. The summed E-state index contributed by atoms with van der Waals surface area (Å²) in [6.45, 7) is 9.38. The number of aryl methyl sites for hydroxylation is 1. The highest BCUT2D eigenvalue weighted by Gasteiger charge is 2.25. The number of hydrogen-bond donors (Lipinski definition) is 1. The van der Waals surface area contributed by atoms with Crippen LogP contribution in [0, 0.1) is 0 Å². The lowest BCUT2D eigenvalue weighted by molar-refractivity contribution is -0.140. The average molecular weight is 461 g/mol.